The zero-order chi connectivity index (χ0) is 19.9. The van der Waals surface area contributed by atoms with E-state index in [0.717, 1.165) is 48.3 Å². The van der Waals surface area contributed by atoms with E-state index in [1.165, 1.54) is 32.1 Å². The topological polar surface area (TPSA) is 9.23 Å². The van der Waals surface area contributed by atoms with Gasteiger partial charge in [0, 0.05) is 23.1 Å². The molecule has 0 atom stereocenters. The van der Waals surface area contributed by atoms with Crippen molar-refractivity contribution in [2.24, 2.45) is 0 Å². The first kappa shape index (κ1) is 21.7. The molecule has 2 aromatic carbocycles. The predicted molar refractivity (Wildman–Crippen MR) is 120 cm³/mol. The molecular weight excluding hydrogens is 340 g/mol. The molecule has 28 heavy (non-hydrogen) atoms. The normalized spacial score (nSPS) is 9.79. The molecule has 0 heterocycles. The van der Waals surface area contributed by atoms with Crippen molar-refractivity contribution in [3.63, 3.8) is 0 Å². The van der Waals surface area contributed by atoms with Crippen LogP contribution in [-0.4, -0.2) is 6.61 Å². The van der Waals surface area contributed by atoms with Crippen LogP contribution >= 0.6 is 0 Å². The molecule has 0 saturated heterocycles. The fourth-order valence-electron chi connectivity index (χ4n) is 2.78. The van der Waals surface area contributed by atoms with Crippen LogP contribution in [0, 0.1) is 23.7 Å². The van der Waals surface area contributed by atoms with E-state index >= 15 is 0 Å². The third-order valence-corrected chi connectivity index (χ3v) is 4.46. The van der Waals surface area contributed by atoms with E-state index < -0.39 is 0 Å². The first-order valence-electron chi connectivity index (χ1n) is 10.7. The Balaban J connectivity index is 1.77. The van der Waals surface area contributed by atoms with Crippen molar-refractivity contribution in [1.29, 1.82) is 0 Å². The summed E-state index contributed by atoms with van der Waals surface area (Å²) in [7, 11) is 0. The second-order valence-electron chi connectivity index (χ2n) is 7.02. The summed E-state index contributed by atoms with van der Waals surface area (Å²) in [5.74, 6) is 13.7. The van der Waals surface area contributed by atoms with Gasteiger partial charge in [-0.05, 0) is 61.4 Å². The van der Waals surface area contributed by atoms with Gasteiger partial charge in [0.2, 0.25) is 0 Å². The third-order valence-electron chi connectivity index (χ3n) is 4.46. The summed E-state index contributed by atoms with van der Waals surface area (Å²) in [6.07, 6.45) is 9.73. The molecule has 0 saturated carbocycles. The van der Waals surface area contributed by atoms with Crippen LogP contribution in [0.1, 0.15) is 81.9 Å². The minimum atomic E-state index is 0.796. The van der Waals surface area contributed by atoms with Gasteiger partial charge < -0.3 is 4.74 Å². The molecular formula is C27H32O. The van der Waals surface area contributed by atoms with Crippen molar-refractivity contribution in [3.05, 3.63) is 65.2 Å². The lowest BCUT2D eigenvalue weighted by Crippen LogP contribution is -1.97. The molecule has 0 N–H and O–H groups in total. The van der Waals surface area contributed by atoms with Crippen molar-refractivity contribution in [2.75, 3.05) is 6.61 Å². The first-order chi connectivity index (χ1) is 13.8. The fourth-order valence-corrected chi connectivity index (χ4v) is 2.78. The first-order valence-corrected chi connectivity index (χ1v) is 10.7. The summed E-state index contributed by atoms with van der Waals surface area (Å²) in [5.41, 5.74) is 3.05. The number of unbranched alkanes of at least 4 members (excludes halogenated alkanes) is 6. The number of ether oxygens (including phenoxy) is 1. The van der Waals surface area contributed by atoms with E-state index in [1.54, 1.807) is 0 Å². The van der Waals surface area contributed by atoms with Crippen molar-refractivity contribution < 1.29 is 4.74 Å². The molecule has 0 radical (unpaired) electrons. The highest BCUT2D eigenvalue weighted by Crippen LogP contribution is 2.13. The summed E-state index contributed by atoms with van der Waals surface area (Å²) < 4.78 is 5.82. The summed E-state index contributed by atoms with van der Waals surface area (Å²) in [6.45, 7) is 5.18. The van der Waals surface area contributed by atoms with Gasteiger partial charge in [-0.2, -0.15) is 0 Å². The average Bonchev–Trinajstić information content (AvgIpc) is 2.73. The van der Waals surface area contributed by atoms with Gasteiger partial charge in [0.15, 0.2) is 0 Å². The summed E-state index contributed by atoms with van der Waals surface area (Å²) in [5, 5.41) is 0. The van der Waals surface area contributed by atoms with Crippen LogP contribution < -0.4 is 4.74 Å². The minimum absolute atomic E-state index is 0.796. The highest BCUT2D eigenvalue weighted by Gasteiger charge is 1.95. The van der Waals surface area contributed by atoms with E-state index in [1.807, 2.05) is 48.5 Å². The van der Waals surface area contributed by atoms with E-state index in [4.69, 9.17) is 4.74 Å². The summed E-state index contributed by atoms with van der Waals surface area (Å²) in [4.78, 5) is 0. The highest BCUT2D eigenvalue weighted by molar-refractivity contribution is 5.46. The van der Waals surface area contributed by atoms with Gasteiger partial charge in [0.05, 0.1) is 6.61 Å². The van der Waals surface area contributed by atoms with Crippen LogP contribution in [0.25, 0.3) is 0 Å². The molecule has 0 unspecified atom stereocenters. The summed E-state index contributed by atoms with van der Waals surface area (Å²) >= 11 is 0. The van der Waals surface area contributed by atoms with E-state index in [9.17, 15) is 0 Å². The van der Waals surface area contributed by atoms with Gasteiger partial charge in [-0.3, -0.25) is 0 Å². The molecule has 0 bridgehead atoms. The van der Waals surface area contributed by atoms with Crippen LogP contribution in [0.3, 0.4) is 0 Å². The van der Waals surface area contributed by atoms with Crippen LogP contribution in [0.15, 0.2) is 48.5 Å². The average molecular weight is 373 g/mol. The number of rotatable bonds is 9. The van der Waals surface area contributed by atoms with Crippen molar-refractivity contribution in [1.82, 2.24) is 0 Å². The maximum absolute atomic E-state index is 5.82. The van der Waals surface area contributed by atoms with Crippen molar-refractivity contribution in [2.45, 2.75) is 65.2 Å². The maximum Gasteiger partial charge on any atom is 0.119 e. The van der Waals surface area contributed by atoms with Gasteiger partial charge in [-0.25, -0.2) is 0 Å². The van der Waals surface area contributed by atoms with Crippen LogP contribution in [0.4, 0.5) is 0 Å². The lowest BCUT2D eigenvalue weighted by Gasteiger charge is -2.06. The standard InChI is InChI=1S/C27H32O/c1-3-5-7-8-9-11-23-28-27-21-19-26(20-22-27)18-17-25-15-13-24(14-16-25)12-10-6-4-2/h13-16,19-22H,3-9,11,23H2,1-2H3. The van der Waals surface area contributed by atoms with Crippen molar-refractivity contribution in [3.8, 4) is 29.4 Å². The molecule has 146 valence electrons. The second-order valence-corrected chi connectivity index (χ2v) is 7.02. The maximum atomic E-state index is 5.82. The molecule has 2 aromatic rings. The SMILES string of the molecule is CCCC#Cc1ccc(C#Cc2ccc(OCCCCCCCC)cc2)cc1. The Morgan fingerprint density at radius 3 is 1.75 bits per heavy atom. The van der Waals surface area contributed by atoms with Gasteiger partial charge in [0.1, 0.15) is 5.75 Å². The number of benzene rings is 2. The highest BCUT2D eigenvalue weighted by atomic mass is 16.5. The predicted octanol–water partition coefficient (Wildman–Crippen LogP) is 6.98. The minimum Gasteiger partial charge on any atom is -0.494 e. The van der Waals surface area contributed by atoms with Crippen molar-refractivity contribution >= 4 is 0 Å². The summed E-state index contributed by atoms with van der Waals surface area (Å²) in [6, 6.07) is 16.2. The van der Waals surface area contributed by atoms with E-state index in [-0.39, 0.29) is 0 Å². The van der Waals surface area contributed by atoms with Gasteiger partial charge in [-0.1, -0.05) is 69.6 Å². The van der Waals surface area contributed by atoms with E-state index in [2.05, 4.69) is 37.5 Å². The molecule has 2 rings (SSSR count). The smallest absolute Gasteiger partial charge is 0.119 e. The van der Waals surface area contributed by atoms with Gasteiger partial charge in [-0.15, -0.1) is 0 Å². The molecule has 0 amide bonds. The molecule has 0 aliphatic heterocycles. The zero-order valence-electron chi connectivity index (χ0n) is 17.4. The Labute approximate surface area is 171 Å². The van der Waals surface area contributed by atoms with E-state index in [0.29, 0.717) is 0 Å². The molecule has 1 heteroatoms. The Bertz CT molecular complexity index is 792. The quantitative estimate of drug-likeness (QED) is 0.341. The molecule has 1 nitrogen and oxygen atoms in total. The fraction of sp³-hybridized carbons (Fsp3) is 0.407. The number of hydrogen-bond donors (Lipinski definition) is 0. The second kappa shape index (κ2) is 13.5. The van der Waals surface area contributed by atoms with Gasteiger partial charge in [0.25, 0.3) is 0 Å². The van der Waals surface area contributed by atoms with Crippen LogP contribution in [-0.2, 0) is 0 Å². The van der Waals surface area contributed by atoms with Crippen LogP contribution in [0.2, 0.25) is 0 Å². The third kappa shape index (κ3) is 8.83. The molecule has 0 aliphatic carbocycles. The zero-order valence-corrected chi connectivity index (χ0v) is 17.4. The molecule has 0 aliphatic rings. The lowest BCUT2D eigenvalue weighted by atomic mass is 10.1. The molecule has 0 spiro atoms. The monoisotopic (exact) mass is 372 g/mol. The lowest BCUT2D eigenvalue weighted by molar-refractivity contribution is 0.304. The molecule has 0 aromatic heterocycles. The van der Waals surface area contributed by atoms with Crippen LogP contribution in [0.5, 0.6) is 5.75 Å². The van der Waals surface area contributed by atoms with Gasteiger partial charge >= 0.3 is 0 Å². The largest absolute Gasteiger partial charge is 0.494 e. The Kier molecular flexibility index (Phi) is 10.5. The number of hydrogen-bond acceptors (Lipinski definition) is 1. The molecule has 0 fully saturated rings. The Hall–Kier alpha value is -2.64. The Morgan fingerprint density at radius 2 is 1.14 bits per heavy atom. The Morgan fingerprint density at radius 1 is 0.607 bits per heavy atom.